The molecule has 1 heterocycles. The quantitative estimate of drug-likeness (QED) is 0.772. The summed E-state index contributed by atoms with van der Waals surface area (Å²) in [6.45, 7) is 5.91. The van der Waals surface area contributed by atoms with Gasteiger partial charge in [-0.2, -0.15) is 5.26 Å². The molecule has 1 aliphatic rings. The number of pyridine rings is 1. The molecule has 0 atom stereocenters. The largest absolute Gasteiger partial charge is 0.495 e. The van der Waals surface area contributed by atoms with Gasteiger partial charge in [0.05, 0.1) is 18.2 Å². The molecule has 1 fully saturated rings. The number of methoxy groups -OCH3 is 1. The summed E-state index contributed by atoms with van der Waals surface area (Å²) >= 11 is 0. The minimum Gasteiger partial charge on any atom is -0.495 e. The maximum absolute atomic E-state index is 12.4. The standard InChI is InChI=1S/C22H26N4O2.C2H6.H2/c1-15-4-5-17(14-24-15)22(27)25-18-7-10-19(11-8-18)26(2)20-9-6-16(13-23)21(12-20)28-3;1-2;/h4-6,9,12,14,18-19H,7-8,10-11H2,1-3H3,(H,25,27);1-2H3;1H. The van der Waals surface area contributed by atoms with Crippen molar-refractivity contribution in [2.75, 3.05) is 19.1 Å². The molecule has 0 unspecified atom stereocenters. The second-order valence-corrected chi connectivity index (χ2v) is 7.27. The highest BCUT2D eigenvalue weighted by molar-refractivity contribution is 5.94. The smallest absolute Gasteiger partial charge is 0.253 e. The minimum atomic E-state index is -0.0545. The van der Waals surface area contributed by atoms with Crippen molar-refractivity contribution in [1.29, 1.82) is 5.26 Å². The first-order chi connectivity index (χ1) is 14.5. The number of aryl methyl sites for hydroxylation is 1. The zero-order valence-electron chi connectivity index (χ0n) is 18.6. The van der Waals surface area contributed by atoms with Crippen molar-refractivity contribution in [3.05, 3.63) is 53.3 Å². The molecule has 0 bridgehead atoms. The van der Waals surface area contributed by atoms with Gasteiger partial charge in [-0.1, -0.05) is 13.8 Å². The minimum absolute atomic E-state index is 0. The van der Waals surface area contributed by atoms with Gasteiger partial charge in [0.15, 0.2) is 0 Å². The van der Waals surface area contributed by atoms with Gasteiger partial charge in [0.25, 0.3) is 5.91 Å². The Balaban J connectivity index is 0.00000156. The number of amides is 1. The Bertz CT molecular complexity index is 872. The van der Waals surface area contributed by atoms with Crippen LogP contribution in [0, 0.1) is 18.3 Å². The van der Waals surface area contributed by atoms with E-state index in [1.54, 1.807) is 19.4 Å². The predicted molar refractivity (Wildman–Crippen MR) is 122 cm³/mol. The molecule has 1 saturated carbocycles. The zero-order chi connectivity index (χ0) is 22.1. The van der Waals surface area contributed by atoms with Crippen LogP contribution in [-0.2, 0) is 0 Å². The maximum Gasteiger partial charge on any atom is 0.253 e. The molecular weight excluding hydrogens is 376 g/mol. The van der Waals surface area contributed by atoms with Crippen LogP contribution < -0.4 is 15.0 Å². The predicted octanol–water partition coefficient (Wildman–Crippen LogP) is 4.72. The van der Waals surface area contributed by atoms with Crippen molar-refractivity contribution in [3.63, 3.8) is 0 Å². The second-order valence-electron chi connectivity index (χ2n) is 7.27. The second kappa shape index (κ2) is 11.2. The molecule has 1 N–H and O–H groups in total. The van der Waals surface area contributed by atoms with Crippen LogP contribution in [0.3, 0.4) is 0 Å². The van der Waals surface area contributed by atoms with Gasteiger partial charge in [-0.15, -0.1) is 0 Å². The van der Waals surface area contributed by atoms with E-state index in [4.69, 9.17) is 10.00 Å². The van der Waals surface area contributed by atoms with E-state index in [1.807, 2.05) is 45.0 Å². The Labute approximate surface area is 181 Å². The molecule has 0 saturated heterocycles. The first-order valence-corrected chi connectivity index (χ1v) is 10.6. The first-order valence-electron chi connectivity index (χ1n) is 10.6. The number of carbonyl (C=O) groups excluding carboxylic acids is 1. The third-order valence-corrected chi connectivity index (χ3v) is 5.47. The summed E-state index contributed by atoms with van der Waals surface area (Å²) in [4.78, 5) is 18.8. The monoisotopic (exact) mass is 410 g/mol. The molecule has 162 valence electrons. The lowest BCUT2D eigenvalue weighted by atomic mass is 9.90. The summed E-state index contributed by atoms with van der Waals surface area (Å²) in [7, 11) is 3.65. The highest BCUT2D eigenvalue weighted by atomic mass is 16.5. The van der Waals surface area contributed by atoms with E-state index in [1.165, 1.54) is 0 Å². The molecular formula is C24H34N4O2. The summed E-state index contributed by atoms with van der Waals surface area (Å²) in [5, 5.41) is 12.3. The molecule has 2 aromatic rings. The van der Waals surface area contributed by atoms with Crippen LogP contribution in [0.15, 0.2) is 36.5 Å². The highest BCUT2D eigenvalue weighted by Gasteiger charge is 2.26. The van der Waals surface area contributed by atoms with Crippen LogP contribution >= 0.6 is 0 Å². The summed E-state index contributed by atoms with van der Waals surface area (Å²) in [6, 6.07) is 12.1. The number of ether oxygens (including phenoxy) is 1. The van der Waals surface area contributed by atoms with Crippen molar-refractivity contribution < 1.29 is 11.0 Å². The van der Waals surface area contributed by atoms with Gasteiger partial charge in [-0.05, 0) is 56.9 Å². The topological polar surface area (TPSA) is 78.2 Å². The zero-order valence-corrected chi connectivity index (χ0v) is 18.6. The third kappa shape index (κ3) is 5.73. The van der Waals surface area contributed by atoms with E-state index in [-0.39, 0.29) is 13.4 Å². The van der Waals surface area contributed by atoms with E-state index < -0.39 is 0 Å². The average molecular weight is 411 g/mol. The lowest BCUT2D eigenvalue weighted by Crippen LogP contribution is -2.43. The van der Waals surface area contributed by atoms with Gasteiger partial charge in [-0.25, -0.2) is 0 Å². The molecule has 0 spiro atoms. The number of nitrogens with zero attached hydrogens (tertiary/aromatic N) is 3. The Morgan fingerprint density at radius 3 is 2.50 bits per heavy atom. The van der Waals surface area contributed by atoms with Crippen LogP contribution in [0.4, 0.5) is 5.69 Å². The molecule has 0 radical (unpaired) electrons. The molecule has 6 nitrogen and oxygen atoms in total. The fourth-order valence-electron chi connectivity index (χ4n) is 3.68. The number of anilines is 1. The van der Waals surface area contributed by atoms with E-state index >= 15 is 0 Å². The van der Waals surface area contributed by atoms with Gasteiger partial charge in [-0.3, -0.25) is 9.78 Å². The van der Waals surface area contributed by atoms with Crippen molar-refractivity contribution in [3.8, 4) is 11.8 Å². The molecule has 3 rings (SSSR count). The molecule has 1 aromatic carbocycles. The van der Waals surface area contributed by atoms with E-state index in [0.717, 1.165) is 37.1 Å². The Morgan fingerprint density at radius 1 is 1.23 bits per heavy atom. The summed E-state index contributed by atoms with van der Waals surface area (Å²) in [5.41, 5.74) is 3.08. The molecule has 0 aliphatic heterocycles. The molecule has 30 heavy (non-hydrogen) atoms. The van der Waals surface area contributed by atoms with Crippen LogP contribution in [-0.4, -0.2) is 37.1 Å². The number of hydrogen-bond acceptors (Lipinski definition) is 5. The summed E-state index contributed by atoms with van der Waals surface area (Å²) < 4.78 is 5.32. The van der Waals surface area contributed by atoms with Gasteiger partial charge in [0, 0.05) is 44.2 Å². The highest BCUT2D eigenvalue weighted by Crippen LogP contribution is 2.30. The van der Waals surface area contributed by atoms with Crippen LogP contribution in [0.2, 0.25) is 0 Å². The lowest BCUT2D eigenvalue weighted by Gasteiger charge is -2.36. The number of carbonyl (C=O) groups is 1. The number of rotatable bonds is 5. The van der Waals surface area contributed by atoms with Gasteiger partial charge < -0.3 is 15.0 Å². The molecule has 1 aliphatic carbocycles. The average Bonchev–Trinajstić information content (AvgIpc) is 2.80. The van der Waals surface area contributed by atoms with Crippen LogP contribution in [0.1, 0.15) is 62.6 Å². The van der Waals surface area contributed by atoms with Gasteiger partial charge in [0.2, 0.25) is 0 Å². The number of benzene rings is 1. The Morgan fingerprint density at radius 2 is 1.93 bits per heavy atom. The molecule has 1 amide bonds. The SMILES string of the molecule is CC.COc1cc(N(C)C2CCC(NC(=O)c3ccc(C)nc3)CC2)ccc1C#N.[HH]. The van der Waals surface area contributed by atoms with Crippen LogP contribution in [0.5, 0.6) is 5.75 Å². The van der Waals surface area contributed by atoms with Crippen molar-refractivity contribution in [1.82, 2.24) is 10.3 Å². The van der Waals surface area contributed by atoms with Gasteiger partial charge >= 0.3 is 0 Å². The Kier molecular flexibility index (Phi) is 8.67. The summed E-state index contributed by atoms with van der Waals surface area (Å²) in [5.74, 6) is 0.542. The lowest BCUT2D eigenvalue weighted by molar-refractivity contribution is 0.0925. The van der Waals surface area contributed by atoms with Gasteiger partial charge in [0.1, 0.15) is 11.8 Å². The number of nitrogens with one attached hydrogen (secondary N) is 1. The normalized spacial score (nSPS) is 17.7. The number of hydrogen-bond donors (Lipinski definition) is 1. The van der Waals surface area contributed by atoms with Crippen molar-refractivity contribution in [2.45, 2.75) is 58.5 Å². The fourth-order valence-corrected chi connectivity index (χ4v) is 3.68. The van der Waals surface area contributed by atoms with E-state index in [2.05, 4.69) is 28.3 Å². The number of aromatic nitrogens is 1. The first kappa shape index (κ1) is 23.2. The Hall–Kier alpha value is -3.07. The summed E-state index contributed by atoms with van der Waals surface area (Å²) in [6.07, 6.45) is 5.50. The van der Waals surface area contributed by atoms with E-state index in [0.29, 0.717) is 22.9 Å². The molecule has 1 aromatic heterocycles. The molecule has 6 heteroatoms. The van der Waals surface area contributed by atoms with Crippen LogP contribution in [0.25, 0.3) is 0 Å². The van der Waals surface area contributed by atoms with Crippen molar-refractivity contribution in [2.24, 2.45) is 0 Å². The maximum atomic E-state index is 12.4. The van der Waals surface area contributed by atoms with E-state index in [9.17, 15) is 4.79 Å². The third-order valence-electron chi connectivity index (χ3n) is 5.47. The fraction of sp³-hybridized carbons (Fsp3) is 0.458. The van der Waals surface area contributed by atoms with Crippen molar-refractivity contribution >= 4 is 11.6 Å². The number of nitriles is 1.